The highest BCUT2D eigenvalue weighted by molar-refractivity contribution is 5.76. The number of carbonyl (C=O) groups excluding carboxylic acids is 1. The normalized spacial score (nSPS) is 17.9. The van der Waals surface area contributed by atoms with Crippen molar-refractivity contribution >= 4 is 5.97 Å². The van der Waals surface area contributed by atoms with E-state index in [0.29, 0.717) is 19.2 Å². The first-order valence-corrected chi connectivity index (χ1v) is 6.93. The monoisotopic (exact) mass is 256 g/mol. The smallest absolute Gasteiger partial charge is 0.324 e. The van der Waals surface area contributed by atoms with Crippen LogP contribution in [0.1, 0.15) is 40.5 Å². The Hall–Kier alpha value is -0.610. The highest BCUT2D eigenvalue weighted by Crippen LogP contribution is 2.20. The van der Waals surface area contributed by atoms with Crippen LogP contribution in [0.5, 0.6) is 0 Å². The molecule has 0 aromatic heterocycles. The Morgan fingerprint density at radius 2 is 2.06 bits per heavy atom. The van der Waals surface area contributed by atoms with Gasteiger partial charge in [0.25, 0.3) is 0 Å². The van der Waals surface area contributed by atoms with E-state index in [2.05, 4.69) is 38.0 Å². The van der Waals surface area contributed by atoms with E-state index >= 15 is 0 Å². The van der Waals surface area contributed by atoms with Gasteiger partial charge in [0, 0.05) is 19.1 Å². The first kappa shape index (κ1) is 15.4. The third-order valence-corrected chi connectivity index (χ3v) is 2.82. The van der Waals surface area contributed by atoms with Gasteiger partial charge in [-0.05, 0) is 32.2 Å². The second-order valence-electron chi connectivity index (χ2n) is 6.50. The molecule has 4 heteroatoms. The first-order valence-electron chi connectivity index (χ1n) is 6.93. The Bertz CT molecular complexity index is 269. The van der Waals surface area contributed by atoms with Crippen molar-refractivity contribution in [1.82, 2.24) is 10.2 Å². The molecule has 1 fully saturated rings. The van der Waals surface area contributed by atoms with Gasteiger partial charge < -0.3 is 15.0 Å². The van der Waals surface area contributed by atoms with Crippen LogP contribution in [0.15, 0.2) is 0 Å². The van der Waals surface area contributed by atoms with E-state index in [4.69, 9.17) is 4.74 Å². The molecule has 1 atom stereocenters. The summed E-state index contributed by atoms with van der Waals surface area (Å²) in [6.45, 7) is 10.6. The summed E-state index contributed by atoms with van der Waals surface area (Å²) in [5.41, 5.74) is 0.244. The topological polar surface area (TPSA) is 41.6 Å². The number of likely N-dealkylation sites (N-methyl/N-ethyl adjacent to an activating group) is 1. The number of rotatable bonds is 7. The molecule has 106 valence electrons. The van der Waals surface area contributed by atoms with Crippen LogP contribution in [0.25, 0.3) is 0 Å². The summed E-state index contributed by atoms with van der Waals surface area (Å²) in [5.74, 6) is -0.120. The zero-order valence-corrected chi connectivity index (χ0v) is 12.5. The van der Waals surface area contributed by atoms with Crippen molar-refractivity contribution in [3.05, 3.63) is 0 Å². The third-order valence-electron chi connectivity index (χ3n) is 2.82. The maximum Gasteiger partial charge on any atom is 0.324 e. The standard InChI is InChI=1S/C14H28N2O2/c1-6-18-13(17)12(15-11-7-8-11)9-16(5)10-14(2,3)4/h11-12,15H,6-10H2,1-5H3. The van der Waals surface area contributed by atoms with E-state index in [1.54, 1.807) is 0 Å². The van der Waals surface area contributed by atoms with Crippen LogP contribution in [0.4, 0.5) is 0 Å². The Balaban J connectivity index is 2.46. The number of esters is 1. The molecule has 0 saturated heterocycles. The minimum atomic E-state index is -0.190. The minimum Gasteiger partial charge on any atom is -0.465 e. The van der Waals surface area contributed by atoms with Crippen LogP contribution in [0.2, 0.25) is 0 Å². The average molecular weight is 256 g/mol. The lowest BCUT2D eigenvalue weighted by molar-refractivity contribution is -0.146. The van der Waals surface area contributed by atoms with Crippen molar-refractivity contribution in [3.63, 3.8) is 0 Å². The molecule has 0 aliphatic heterocycles. The molecule has 1 saturated carbocycles. The van der Waals surface area contributed by atoms with Crippen LogP contribution in [-0.2, 0) is 9.53 Å². The van der Waals surface area contributed by atoms with Gasteiger partial charge in [0.2, 0.25) is 0 Å². The second kappa shape index (κ2) is 6.53. The fraction of sp³-hybridized carbons (Fsp3) is 0.929. The fourth-order valence-electron chi connectivity index (χ4n) is 2.16. The van der Waals surface area contributed by atoms with Gasteiger partial charge in [-0.15, -0.1) is 0 Å². The maximum atomic E-state index is 11.9. The summed E-state index contributed by atoms with van der Waals surface area (Å²) in [6, 6.07) is 0.326. The van der Waals surface area contributed by atoms with Gasteiger partial charge in [-0.25, -0.2) is 0 Å². The molecule has 1 aliphatic carbocycles. The van der Waals surface area contributed by atoms with Gasteiger partial charge in [-0.3, -0.25) is 4.79 Å². The number of hydrogen-bond donors (Lipinski definition) is 1. The van der Waals surface area contributed by atoms with Crippen molar-refractivity contribution < 1.29 is 9.53 Å². The highest BCUT2D eigenvalue weighted by atomic mass is 16.5. The molecule has 1 unspecified atom stereocenters. The molecular formula is C14H28N2O2. The zero-order valence-electron chi connectivity index (χ0n) is 12.5. The summed E-state index contributed by atoms with van der Waals surface area (Å²) in [4.78, 5) is 14.1. The van der Waals surface area contributed by atoms with E-state index in [9.17, 15) is 4.79 Å². The van der Waals surface area contributed by atoms with E-state index < -0.39 is 0 Å². The molecule has 4 nitrogen and oxygen atoms in total. The van der Waals surface area contributed by atoms with Gasteiger partial charge in [0.15, 0.2) is 0 Å². The van der Waals surface area contributed by atoms with E-state index in [0.717, 1.165) is 6.54 Å². The quantitative estimate of drug-likeness (QED) is 0.703. The van der Waals surface area contributed by atoms with E-state index in [-0.39, 0.29) is 17.4 Å². The molecule has 0 heterocycles. The summed E-state index contributed by atoms with van der Waals surface area (Å²) in [5, 5.41) is 3.38. The van der Waals surface area contributed by atoms with Gasteiger partial charge in [0.1, 0.15) is 6.04 Å². The van der Waals surface area contributed by atoms with Crippen LogP contribution in [-0.4, -0.2) is 49.7 Å². The molecule has 0 aromatic carbocycles. The molecule has 0 amide bonds. The van der Waals surface area contributed by atoms with Gasteiger partial charge in [0.05, 0.1) is 6.61 Å². The molecule has 0 aromatic rings. The highest BCUT2D eigenvalue weighted by Gasteiger charge is 2.30. The Kier molecular flexibility index (Phi) is 5.60. The van der Waals surface area contributed by atoms with Crippen LogP contribution < -0.4 is 5.32 Å². The number of carbonyl (C=O) groups is 1. The largest absolute Gasteiger partial charge is 0.465 e. The molecule has 18 heavy (non-hydrogen) atoms. The van der Waals surface area contributed by atoms with Crippen molar-refractivity contribution in [2.45, 2.75) is 52.6 Å². The zero-order chi connectivity index (χ0) is 13.8. The molecule has 0 spiro atoms. The van der Waals surface area contributed by atoms with E-state index in [1.165, 1.54) is 12.8 Å². The predicted molar refractivity (Wildman–Crippen MR) is 73.5 cm³/mol. The van der Waals surface area contributed by atoms with Crippen molar-refractivity contribution in [3.8, 4) is 0 Å². The number of nitrogens with zero attached hydrogens (tertiary/aromatic N) is 1. The van der Waals surface area contributed by atoms with Crippen LogP contribution in [0.3, 0.4) is 0 Å². The fourth-order valence-corrected chi connectivity index (χ4v) is 2.16. The van der Waals surface area contributed by atoms with Gasteiger partial charge in [-0.1, -0.05) is 20.8 Å². The number of nitrogens with one attached hydrogen (secondary N) is 1. The Morgan fingerprint density at radius 1 is 1.44 bits per heavy atom. The third kappa shape index (κ3) is 6.36. The van der Waals surface area contributed by atoms with Crippen LogP contribution >= 0.6 is 0 Å². The Morgan fingerprint density at radius 3 is 2.50 bits per heavy atom. The summed E-state index contributed by atoms with van der Waals surface area (Å²) in [6.07, 6.45) is 2.36. The second-order valence-corrected chi connectivity index (χ2v) is 6.50. The SMILES string of the molecule is CCOC(=O)C(CN(C)CC(C)(C)C)NC1CC1. The Labute approximate surface area is 111 Å². The maximum absolute atomic E-state index is 11.9. The van der Waals surface area contributed by atoms with Crippen molar-refractivity contribution in [1.29, 1.82) is 0 Å². The summed E-state index contributed by atoms with van der Waals surface area (Å²) < 4.78 is 5.14. The lowest BCUT2D eigenvalue weighted by Gasteiger charge is -2.29. The van der Waals surface area contributed by atoms with Crippen molar-refractivity contribution in [2.24, 2.45) is 5.41 Å². The number of hydrogen-bond acceptors (Lipinski definition) is 4. The lowest BCUT2D eigenvalue weighted by Crippen LogP contribution is -2.48. The van der Waals surface area contributed by atoms with E-state index in [1.807, 2.05) is 6.92 Å². The molecule has 1 aliphatic rings. The molecule has 1 rings (SSSR count). The lowest BCUT2D eigenvalue weighted by atomic mass is 9.96. The molecule has 0 radical (unpaired) electrons. The first-order chi connectivity index (χ1) is 8.31. The summed E-state index contributed by atoms with van der Waals surface area (Å²) >= 11 is 0. The molecular weight excluding hydrogens is 228 g/mol. The number of ether oxygens (including phenoxy) is 1. The molecule has 0 bridgehead atoms. The van der Waals surface area contributed by atoms with Crippen molar-refractivity contribution in [2.75, 3.05) is 26.7 Å². The predicted octanol–water partition coefficient (Wildman–Crippen LogP) is 1.65. The molecule has 1 N–H and O–H groups in total. The van der Waals surface area contributed by atoms with Gasteiger partial charge in [-0.2, -0.15) is 0 Å². The minimum absolute atomic E-state index is 0.120. The van der Waals surface area contributed by atoms with Crippen LogP contribution in [0, 0.1) is 5.41 Å². The average Bonchev–Trinajstić information content (AvgIpc) is 2.98. The van der Waals surface area contributed by atoms with Gasteiger partial charge >= 0.3 is 5.97 Å². The summed E-state index contributed by atoms with van der Waals surface area (Å²) in [7, 11) is 2.06.